The minimum absolute atomic E-state index is 0.218. The molecule has 0 aromatic heterocycles. The van der Waals surface area contributed by atoms with Gasteiger partial charge in [0, 0.05) is 0 Å². The van der Waals surface area contributed by atoms with Gasteiger partial charge in [0.25, 0.3) is 0 Å². The Morgan fingerprint density at radius 1 is 1.17 bits per heavy atom. The number of carbonyl (C=O) groups is 1. The molecule has 0 spiro atoms. The van der Waals surface area contributed by atoms with Crippen molar-refractivity contribution in [1.29, 1.82) is 0 Å². The van der Waals surface area contributed by atoms with Gasteiger partial charge in [-0.1, -0.05) is 38.1 Å². The summed E-state index contributed by atoms with van der Waals surface area (Å²) in [6, 6.07) is 13.3. The molecule has 2 aromatic rings. The summed E-state index contributed by atoms with van der Waals surface area (Å²) in [4.78, 5) is 11.8. The molecule has 24 heavy (non-hydrogen) atoms. The van der Waals surface area contributed by atoms with E-state index in [4.69, 9.17) is 4.74 Å². The van der Waals surface area contributed by atoms with Crippen molar-refractivity contribution >= 4 is 12.1 Å². The highest BCUT2D eigenvalue weighted by atomic mass is 19.1. The van der Waals surface area contributed by atoms with E-state index in [0.29, 0.717) is 18.1 Å². The first-order chi connectivity index (χ1) is 11.5. The largest absolute Gasteiger partial charge is 0.493 e. The zero-order chi connectivity index (χ0) is 17.4. The molecular weight excluding hydrogens is 307 g/mol. The number of hydrazone groups is 1. The average molecular weight is 328 g/mol. The van der Waals surface area contributed by atoms with Crippen molar-refractivity contribution in [3.8, 4) is 5.75 Å². The molecule has 0 fully saturated rings. The molecular formula is C19H21FN2O2. The first kappa shape index (κ1) is 17.7. The number of ether oxygens (including phenoxy) is 1. The van der Waals surface area contributed by atoms with E-state index in [1.165, 1.54) is 18.3 Å². The lowest BCUT2D eigenvalue weighted by Crippen LogP contribution is -2.19. The Labute approximate surface area is 141 Å². The van der Waals surface area contributed by atoms with Gasteiger partial charge < -0.3 is 4.74 Å². The minimum atomic E-state index is -0.308. The highest BCUT2D eigenvalue weighted by molar-refractivity contribution is 5.83. The third kappa shape index (κ3) is 6.20. The molecule has 2 aromatic carbocycles. The number of nitrogens with zero attached hydrogens (tertiary/aromatic N) is 1. The number of hydrogen-bond acceptors (Lipinski definition) is 3. The summed E-state index contributed by atoms with van der Waals surface area (Å²) in [6.45, 7) is 4.84. The summed E-state index contributed by atoms with van der Waals surface area (Å²) in [5.74, 6) is 0.734. The summed E-state index contributed by atoms with van der Waals surface area (Å²) >= 11 is 0. The van der Waals surface area contributed by atoms with Crippen LogP contribution in [0.15, 0.2) is 53.6 Å². The fraction of sp³-hybridized carbons (Fsp3) is 0.263. The Kier molecular flexibility index (Phi) is 6.49. The number of halogens is 1. The van der Waals surface area contributed by atoms with Crippen LogP contribution in [0.5, 0.6) is 5.75 Å². The summed E-state index contributed by atoms with van der Waals surface area (Å²) in [7, 11) is 0. The Morgan fingerprint density at radius 2 is 1.83 bits per heavy atom. The predicted molar refractivity (Wildman–Crippen MR) is 92.6 cm³/mol. The number of benzene rings is 2. The fourth-order valence-corrected chi connectivity index (χ4v) is 1.92. The van der Waals surface area contributed by atoms with E-state index < -0.39 is 0 Å². The Hall–Kier alpha value is -2.69. The SMILES string of the molecule is CC(C)COc1ccc(CC(=O)N/N=C\c2ccc(F)cc2)cc1. The van der Waals surface area contributed by atoms with Gasteiger partial charge in [0.15, 0.2) is 0 Å². The normalized spacial score (nSPS) is 11.0. The summed E-state index contributed by atoms with van der Waals surface area (Å²) in [6.07, 6.45) is 1.70. The van der Waals surface area contributed by atoms with Crippen LogP contribution in [0.4, 0.5) is 4.39 Å². The molecule has 0 unspecified atom stereocenters. The monoisotopic (exact) mass is 328 g/mol. The zero-order valence-corrected chi connectivity index (χ0v) is 13.8. The molecule has 1 N–H and O–H groups in total. The van der Waals surface area contributed by atoms with Crippen molar-refractivity contribution in [1.82, 2.24) is 5.43 Å². The van der Waals surface area contributed by atoms with Crippen molar-refractivity contribution in [2.24, 2.45) is 11.0 Å². The molecule has 0 saturated carbocycles. The maximum absolute atomic E-state index is 12.8. The first-order valence-corrected chi connectivity index (χ1v) is 7.82. The molecule has 126 valence electrons. The number of carbonyl (C=O) groups excluding carboxylic acids is 1. The van der Waals surface area contributed by atoms with Gasteiger partial charge >= 0.3 is 0 Å². The van der Waals surface area contributed by atoms with Crippen LogP contribution in [0.2, 0.25) is 0 Å². The third-order valence-corrected chi connectivity index (χ3v) is 3.14. The Morgan fingerprint density at radius 3 is 2.46 bits per heavy atom. The van der Waals surface area contributed by atoms with Crippen molar-refractivity contribution in [3.05, 3.63) is 65.5 Å². The van der Waals surface area contributed by atoms with E-state index in [1.54, 1.807) is 12.1 Å². The standard InChI is InChI=1S/C19H21FN2O2/c1-14(2)13-24-18-9-5-15(6-10-18)11-19(23)22-21-12-16-3-7-17(20)8-4-16/h3-10,12,14H,11,13H2,1-2H3,(H,22,23)/b21-12-. The quantitative estimate of drug-likeness (QED) is 0.624. The molecule has 0 aliphatic rings. The molecule has 0 bridgehead atoms. The van der Waals surface area contributed by atoms with Crippen molar-refractivity contribution < 1.29 is 13.9 Å². The summed E-state index contributed by atoms with van der Waals surface area (Å²) < 4.78 is 18.4. The van der Waals surface area contributed by atoms with E-state index in [9.17, 15) is 9.18 Å². The van der Waals surface area contributed by atoms with Gasteiger partial charge in [-0.25, -0.2) is 9.82 Å². The van der Waals surface area contributed by atoms with Gasteiger partial charge in [0.05, 0.1) is 19.2 Å². The van der Waals surface area contributed by atoms with E-state index in [2.05, 4.69) is 24.4 Å². The van der Waals surface area contributed by atoms with Crippen molar-refractivity contribution in [2.45, 2.75) is 20.3 Å². The number of hydrogen-bond donors (Lipinski definition) is 1. The van der Waals surface area contributed by atoms with E-state index in [0.717, 1.165) is 11.3 Å². The summed E-state index contributed by atoms with van der Waals surface area (Å²) in [5, 5.41) is 3.86. The Bertz CT molecular complexity index is 680. The van der Waals surface area contributed by atoms with E-state index in [-0.39, 0.29) is 18.1 Å². The van der Waals surface area contributed by atoms with Gasteiger partial charge in [-0.2, -0.15) is 5.10 Å². The lowest BCUT2D eigenvalue weighted by molar-refractivity contribution is -0.120. The second kappa shape index (κ2) is 8.82. The lowest BCUT2D eigenvalue weighted by Gasteiger charge is -2.09. The molecule has 0 aliphatic carbocycles. The number of rotatable bonds is 7. The Balaban J connectivity index is 1.80. The van der Waals surface area contributed by atoms with Gasteiger partial charge in [0.2, 0.25) is 5.91 Å². The number of nitrogens with one attached hydrogen (secondary N) is 1. The predicted octanol–water partition coefficient (Wildman–Crippen LogP) is 3.55. The topological polar surface area (TPSA) is 50.7 Å². The van der Waals surface area contributed by atoms with Crippen molar-refractivity contribution in [3.63, 3.8) is 0 Å². The van der Waals surface area contributed by atoms with E-state index in [1.807, 2.05) is 24.3 Å². The minimum Gasteiger partial charge on any atom is -0.493 e. The molecule has 1 amide bonds. The first-order valence-electron chi connectivity index (χ1n) is 7.82. The van der Waals surface area contributed by atoms with Crippen molar-refractivity contribution in [2.75, 3.05) is 6.61 Å². The fourth-order valence-electron chi connectivity index (χ4n) is 1.92. The van der Waals surface area contributed by atoms with Gasteiger partial charge in [0.1, 0.15) is 11.6 Å². The smallest absolute Gasteiger partial charge is 0.244 e. The van der Waals surface area contributed by atoms with Crippen LogP contribution in [0.3, 0.4) is 0 Å². The van der Waals surface area contributed by atoms with Crippen LogP contribution >= 0.6 is 0 Å². The second-order valence-electron chi connectivity index (χ2n) is 5.87. The van der Waals surface area contributed by atoms with Crippen LogP contribution < -0.4 is 10.2 Å². The second-order valence-corrected chi connectivity index (χ2v) is 5.87. The van der Waals surface area contributed by atoms with E-state index >= 15 is 0 Å². The molecule has 0 atom stereocenters. The molecule has 2 rings (SSSR count). The zero-order valence-electron chi connectivity index (χ0n) is 13.8. The van der Waals surface area contributed by atoms with Crippen LogP contribution in [0.1, 0.15) is 25.0 Å². The lowest BCUT2D eigenvalue weighted by atomic mass is 10.1. The average Bonchev–Trinajstić information content (AvgIpc) is 2.56. The maximum atomic E-state index is 12.8. The highest BCUT2D eigenvalue weighted by Crippen LogP contribution is 2.13. The van der Waals surface area contributed by atoms with Crippen LogP contribution in [-0.4, -0.2) is 18.7 Å². The van der Waals surface area contributed by atoms with Gasteiger partial charge in [-0.15, -0.1) is 0 Å². The molecule has 0 radical (unpaired) electrons. The molecule has 5 heteroatoms. The van der Waals surface area contributed by atoms with Crippen LogP contribution in [-0.2, 0) is 11.2 Å². The molecule has 0 aliphatic heterocycles. The summed E-state index contributed by atoms with van der Waals surface area (Å²) in [5.41, 5.74) is 4.04. The number of amides is 1. The molecule has 4 nitrogen and oxygen atoms in total. The molecule has 0 heterocycles. The van der Waals surface area contributed by atoms with Crippen LogP contribution in [0, 0.1) is 11.7 Å². The highest BCUT2D eigenvalue weighted by Gasteiger charge is 2.03. The van der Waals surface area contributed by atoms with Crippen LogP contribution in [0.25, 0.3) is 0 Å². The van der Waals surface area contributed by atoms with Gasteiger partial charge in [-0.3, -0.25) is 4.79 Å². The maximum Gasteiger partial charge on any atom is 0.244 e. The third-order valence-electron chi connectivity index (χ3n) is 3.14. The van der Waals surface area contributed by atoms with Gasteiger partial charge in [-0.05, 0) is 41.3 Å². The molecule has 0 saturated heterocycles.